The Morgan fingerprint density at radius 1 is 1.06 bits per heavy atom. The van der Waals surface area contributed by atoms with E-state index in [0.29, 0.717) is 12.8 Å². The molecule has 1 heterocycles. The van der Waals surface area contributed by atoms with Gasteiger partial charge in [-0.1, -0.05) is 69.3 Å². The number of aliphatic carboxylic acids is 1. The average Bonchev–Trinajstić information content (AvgIpc) is 3.11. The van der Waals surface area contributed by atoms with E-state index in [9.17, 15) is 19.5 Å². The van der Waals surface area contributed by atoms with Crippen LogP contribution in [0.4, 0.5) is 4.79 Å². The van der Waals surface area contributed by atoms with Gasteiger partial charge in [0.15, 0.2) is 5.60 Å². The number of nitrogens with zero attached hydrogens (tertiary/aromatic N) is 1. The number of aliphatic hydroxyl groups is 1. The predicted molar refractivity (Wildman–Crippen MR) is 130 cm³/mol. The van der Waals surface area contributed by atoms with Crippen LogP contribution in [-0.4, -0.2) is 64.4 Å². The molecule has 1 unspecified atom stereocenters. The van der Waals surface area contributed by atoms with Crippen LogP contribution in [0, 0.1) is 5.41 Å². The highest BCUT2D eigenvalue weighted by Crippen LogP contribution is 2.44. The highest BCUT2D eigenvalue weighted by atomic mass is 16.5. The number of amides is 2. The number of rotatable bonds is 7. The molecule has 0 radical (unpaired) electrons. The number of hydrogen-bond donors (Lipinski definition) is 3. The summed E-state index contributed by atoms with van der Waals surface area (Å²) in [4.78, 5) is 38.2. The number of ether oxygens (including phenoxy) is 1. The molecule has 0 bridgehead atoms. The van der Waals surface area contributed by atoms with Crippen molar-refractivity contribution in [3.63, 3.8) is 0 Å². The van der Waals surface area contributed by atoms with Crippen molar-refractivity contribution in [1.82, 2.24) is 10.2 Å². The Hall–Kier alpha value is -3.39. The Morgan fingerprint density at radius 3 is 2.11 bits per heavy atom. The minimum atomic E-state index is -1.94. The Kier molecular flexibility index (Phi) is 6.60. The standard InChI is InChI=1S/C27H32N2O6/c1-26(2,3)13-12-22(23(30)29-15-27(34,16-29)24(31)32)28-25(33)35-14-21-19-10-6-4-8-17(19)18-9-5-7-11-20(18)21/h4-11,21-22,34H,12-16H2,1-3H3,(H,28,33)(H,31,32). The summed E-state index contributed by atoms with van der Waals surface area (Å²) >= 11 is 0. The maximum Gasteiger partial charge on any atom is 0.407 e. The van der Waals surface area contributed by atoms with Gasteiger partial charge in [0.1, 0.15) is 12.6 Å². The van der Waals surface area contributed by atoms with Crippen molar-refractivity contribution in [2.75, 3.05) is 19.7 Å². The number of hydrogen-bond acceptors (Lipinski definition) is 5. The summed E-state index contributed by atoms with van der Waals surface area (Å²) in [7, 11) is 0. The van der Waals surface area contributed by atoms with Crippen molar-refractivity contribution >= 4 is 18.0 Å². The Labute approximate surface area is 204 Å². The predicted octanol–water partition coefficient (Wildman–Crippen LogP) is 3.38. The Bertz CT molecular complexity index is 1090. The summed E-state index contributed by atoms with van der Waals surface area (Å²) < 4.78 is 5.60. The van der Waals surface area contributed by atoms with Crippen LogP contribution >= 0.6 is 0 Å². The normalized spacial score (nSPS) is 17.1. The van der Waals surface area contributed by atoms with Crippen molar-refractivity contribution in [1.29, 1.82) is 0 Å². The summed E-state index contributed by atoms with van der Waals surface area (Å²) in [6, 6.07) is 15.2. The van der Waals surface area contributed by atoms with Crippen molar-refractivity contribution < 1.29 is 29.3 Å². The highest BCUT2D eigenvalue weighted by Gasteiger charge is 2.51. The van der Waals surface area contributed by atoms with Crippen LogP contribution in [0.2, 0.25) is 0 Å². The summed E-state index contributed by atoms with van der Waals surface area (Å²) in [5.41, 5.74) is 2.43. The van der Waals surface area contributed by atoms with Crippen molar-refractivity contribution in [2.24, 2.45) is 5.41 Å². The van der Waals surface area contributed by atoms with Crippen molar-refractivity contribution in [3.05, 3.63) is 59.7 Å². The van der Waals surface area contributed by atoms with Crippen LogP contribution in [0.5, 0.6) is 0 Å². The van der Waals surface area contributed by atoms with E-state index in [1.54, 1.807) is 0 Å². The second-order valence-electron chi connectivity index (χ2n) is 10.7. The van der Waals surface area contributed by atoms with E-state index in [4.69, 9.17) is 9.84 Å². The molecule has 0 saturated carbocycles. The van der Waals surface area contributed by atoms with Crippen LogP contribution in [0.25, 0.3) is 11.1 Å². The lowest BCUT2D eigenvalue weighted by molar-refractivity contribution is -0.182. The molecule has 1 atom stereocenters. The Balaban J connectivity index is 1.42. The van der Waals surface area contributed by atoms with Gasteiger partial charge in [-0.25, -0.2) is 9.59 Å². The van der Waals surface area contributed by atoms with Crippen LogP contribution in [-0.2, 0) is 14.3 Å². The van der Waals surface area contributed by atoms with Crippen molar-refractivity contribution in [2.45, 2.75) is 51.2 Å². The van der Waals surface area contributed by atoms with Gasteiger partial charge in [0.05, 0.1) is 13.1 Å². The second-order valence-corrected chi connectivity index (χ2v) is 10.7. The van der Waals surface area contributed by atoms with E-state index < -0.39 is 29.6 Å². The smallest absolute Gasteiger partial charge is 0.407 e. The number of carboxylic acids is 1. The third kappa shape index (κ3) is 5.17. The molecule has 3 N–H and O–H groups in total. The second kappa shape index (κ2) is 9.34. The fourth-order valence-corrected chi connectivity index (χ4v) is 4.71. The minimum Gasteiger partial charge on any atom is -0.479 e. The first-order valence-corrected chi connectivity index (χ1v) is 11.8. The lowest BCUT2D eigenvalue weighted by Gasteiger charge is -2.44. The largest absolute Gasteiger partial charge is 0.479 e. The molecule has 8 heteroatoms. The number of benzene rings is 2. The number of carbonyl (C=O) groups is 3. The molecule has 0 aromatic heterocycles. The van der Waals surface area contributed by atoms with Gasteiger partial charge in [-0.2, -0.15) is 0 Å². The van der Waals surface area contributed by atoms with E-state index in [-0.39, 0.29) is 31.0 Å². The number of carboxylic acid groups (broad SMARTS) is 1. The molecular weight excluding hydrogens is 448 g/mol. The van der Waals surface area contributed by atoms with Crippen LogP contribution < -0.4 is 5.32 Å². The molecule has 0 spiro atoms. The zero-order valence-corrected chi connectivity index (χ0v) is 20.3. The number of fused-ring (bicyclic) bond motifs is 3. The van der Waals surface area contributed by atoms with Crippen LogP contribution in [0.3, 0.4) is 0 Å². The van der Waals surface area contributed by atoms with Crippen LogP contribution in [0.1, 0.15) is 50.7 Å². The topological polar surface area (TPSA) is 116 Å². The zero-order valence-electron chi connectivity index (χ0n) is 20.3. The highest BCUT2D eigenvalue weighted by molar-refractivity contribution is 5.89. The fourth-order valence-electron chi connectivity index (χ4n) is 4.71. The van der Waals surface area contributed by atoms with Gasteiger partial charge in [0, 0.05) is 5.92 Å². The molecule has 186 valence electrons. The van der Waals surface area contributed by atoms with E-state index in [1.165, 1.54) is 4.90 Å². The summed E-state index contributed by atoms with van der Waals surface area (Å²) in [6.07, 6.45) is 0.326. The molecule has 1 fully saturated rings. The molecule has 1 aliphatic carbocycles. The molecular formula is C27H32N2O6. The first kappa shape index (κ1) is 24.7. The molecule has 8 nitrogen and oxygen atoms in total. The summed E-state index contributed by atoms with van der Waals surface area (Å²) in [5.74, 6) is -1.89. The number of alkyl carbamates (subject to hydrolysis) is 1. The molecule has 2 aromatic carbocycles. The molecule has 1 aliphatic heterocycles. The summed E-state index contributed by atoms with van der Waals surface area (Å²) in [6.45, 7) is 5.62. The maximum absolute atomic E-state index is 13.0. The number of carbonyl (C=O) groups excluding carboxylic acids is 2. The SMILES string of the molecule is CC(C)(C)CCC(NC(=O)OCC1c2ccccc2-c2ccccc21)C(=O)N1CC(O)(C(=O)O)C1. The maximum atomic E-state index is 13.0. The molecule has 2 aliphatic rings. The van der Waals surface area contributed by atoms with Gasteiger partial charge in [0.2, 0.25) is 5.91 Å². The Morgan fingerprint density at radius 2 is 1.60 bits per heavy atom. The fraction of sp³-hybridized carbons (Fsp3) is 0.444. The van der Waals surface area contributed by atoms with Gasteiger partial charge < -0.3 is 25.2 Å². The first-order valence-electron chi connectivity index (χ1n) is 11.8. The zero-order chi connectivity index (χ0) is 25.4. The lowest BCUT2D eigenvalue weighted by Crippen LogP contribution is -2.69. The number of nitrogens with one attached hydrogen (secondary N) is 1. The van der Waals surface area contributed by atoms with E-state index in [1.807, 2.05) is 57.2 Å². The van der Waals surface area contributed by atoms with Gasteiger partial charge in [-0.3, -0.25) is 4.79 Å². The van der Waals surface area contributed by atoms with E-state index >= 15 is 0 Å². The first-order chi connectivity index (χ1) is 16.5. The molecule has 2 aromatic rings. The van der Waals surface area contributed by atoms with E-state index in [0.717, 1.165) is 22.3 Å². The third-order valence-corrected chi connectivity index (χ3v) is 6.73. The lowest BCUT2D eigenvalue weighted by atomic mass is 9.87. The van der Waals surface area contributed by atoms with Gasteiger partial charge >= 0.3 is 12.1 Å². The number of β-amino-alcohol motifs (C(OH)–C–C–N with tert-alkyl or cyclic N) is 1. The minimum absolute atomic E-state index is 0.0713. The molecule has 4 rings (SSSR count). The van der Waals surface area contributed by atoms with Gasteiger partial charge in [-0.05, 0) is 40.5 Å². The van der Waals surface area contributed by atoms with Crippen molar-refractivity contribution in [3.8, 4) is 11.1 Å². The van der Waals surface area contributed by atoms with Gasteiger partial charge in [-0.15, -0.1) is 0 Å². The molecule has 35 heavy (non-hydrogen) atoms. The number of likely N-dealkylation sites (tertiary alicyclic amines) is 1. The monoisotopic (exact) mass is 480 g/mol. The summed E-state index contributed by atoms with van der Waals surface area (Å²) in [5, 5.41) is 21.8. The van der Waals surface area contributed by atoms with Crippen LogP contribution in [0.15, 0.2) is 48.5 Å². The molecule has 2 amide bonds. The third-order valence-electron chi connectivity index (χ3n) is 6.73. The molecule has 1 saturated heterocycles. The van der Waals surface area contributed by atoms with Gasteiger partial charge in [0.25, 0.3) is 0 Å². The average molecular weight is 481 g/mol. The van der Waals surface area contributed by atoms with E-state index in [2.05, 4.69) is 17.4 Å². The quantitative estimate of drug-likeness (QED) is 0.560.